The van der Waals surface area contributed by atoms with E-state index in [1.165, 1.54) is 23.5 Å². The van der Waals surface area contributed by atoms with Gasteiger partial charge in [0.15, 0.2) is 11.6 Å². The van der Waals surface area contributed by atoms with Crippen molar-refractivity contribution < 1.29 is 22.3 Å². The molecule has 0 atom stereocenters. The molecule has 24 heavy (non-hydrogen) atoms. The van der Waals surface area contributed by atoms with Crippen LogP contribution in [0.25, 0.3) is 0 Å². The van der Waals surface area contributed by atoms with E-state index in [0.29, 0.717) is 38.2 Å². The highest BCUT2D eigenvalue weighted by Crippen LogP contribution is 2.18. The molecule has 1 fully saturated rings. The van der Waals surface area contributed by atoms with Gasteiger partial charge in [-0.05, 0) is 24.1 Å². The lowest BCUT2D eigenvalue weighted by Crippen LogP contribution is -2.51. The summed E-state index contributed by atoms with van der Waals surface area (Å²) in [7, 11) is -1.84. The quantitative estimate of drug-likeness (QED) is 0.768. The number of amides is 1. The minimum absolute atomic E-state index is 0.0859. The Bertz CT molecular complexity index is 685. The van der Waals surface area contributed by atoms with Gasteiger partial charge in [-0.3, -0.25) is 4.79 Å². The van der Waals surface area contributed by atoms with Crippen molar-refractivity contribution in [1.29, 1.82) is 0 Å². The molecule has 0 spiro atoms. The molecule has 0 N–H and O–H groups in total. The van der Waals surface area contributed by atoms with Crippen LogP contribution in [0.5, 0.6) is 5.75 Å². The second kappa shape index (κ2) is 7.94. The fraction of sp³-hybridized carbons (Fsp3) is 0.562. The summed E-state index contributed by atoms with van der Waals surface area (Å²) in [5.41, 5.74) is 0.569. The molecular weight excluding hydrogens is 335 g/mol. The number of carbonyl (C=O) groups excluding carboxylic acids is 1. The normalized spacial score (nSPS) is 16.2. The van der Waals surface area contributed by atoms with Crippen LogP contribution in [0.2, 0.25) is 0 Å². The Morgan fingerprint density at radius 1 is 1.25 bits per heavy atom. The second-order valence-electron chi connectivity index (χ2n) is 5.74. The summed E-state index contributed by atoms with van der Waals surface area (Å²) in [4.78, 5) is 13.9. The number of piperazine rings is 1. The molecule has 6 nitrogen and oxygen atoms in total. The number of methoxy groups -OCH3 is 1. The maximum Gasteiger partial charge on any atom is 0.227 e. The summed E-state index contributed by atoms with van der Waals surface area (Å²) in [6, 6.07) is 4.44. The first-order chi connectivity index (χ1) is 11.4. The molecule has 0 aromatic heterocycles. The molecule has 1 aromatic rings. The van der Waals surface area contributed by atoms with Crippen molar-refractivity contribution in [2.24, 2.45) is 0 Å². The van der Waals surface area contributed by atoms with Crippen LogP contribution in [-0.2, 0) is 21.2 Å². The monoisotopic (exact) mass is 358 g/mol. The number of carbonyl (C=O) groups is 1. The number of rotatable bonds is 6. The second-order valence-corrected chi connectivity index (χ2v) is 7.83. The van der Waals surface area contributed by atoms with Crippen molar-refractivity contribution in [3.8, 4) is 5.75 Å². The summed E-state index contributed by atoms with van der Waals surface area (Å²) in [5.74, 6) is -0.363. The highest BCUT2D eigenvalue weighted by Gasteiger charge is 2.28. The van der Waals surface area contributed by atoms with Gasteiger partial charge >= 0.3 is 0 Å². The zero-order valence-electron chi connectivity index (χ0n) is 14.0. The average Bonchev–Trinajstić information content (AvgIpc) is 2.55. The van der Waals surface area contributed by atoms with Crippen LogP contribution in [-0.4, -0.2) is 62.6 Å². The number of sulfonamides is 1. The van der Waals surface area contributed by atoms with E-state index >= 15 is 0 Å². The summed E-state index contributed by atoms with van der Waals surface area (Å²) in [5, 5.41) is 0. The van der Waals surface area contributed by atoms with Gasteiger partial charge in [-0.2, -0.15) is 4.31 Å². The van der Waals surface area contributed by atoms with Crippen molar-refractivity contribution in [3.05, 3.63) is 29.6 Å². The molecule has 1 aliphatic rings. The largest absolute Gasteiger partial charge is 0.494 e. The van der Waals surface area contributed by atoms with Crippen molar-refractivity contribution in [1.82, 2.24) is 9.21 Å². The zero-order chi connectivity index (χ0) is 17.7. The molecule has 1 aromatic carbocycles. The van der Waals surface area contributed by atoms with Crippen LogP contribution in [0.3, 0.4) is 0 Å². The fourth-order valence-electron chi connectivity index (χ4n) is 2.71. The predicted molar refractivity (Wildman–Crippen MR) is 88.9 cm³/mol. The molecule has 134 valence electrons. The molecule has 2 rings (SSSR count). The molecular formula is C16H23FN2O4S. The molecule has 0 radical (unpaired) electrons. The molecule has 0 unspecified atom stereocenters. The Morgan fingerprint density at radius 3 is 2.46 bits per heavy atom. The number of ether oxygens (including phenoxy) is 1. The van der Waals surface area contributed by atoms with E-state index in [1.807, 2.05) is 6.92 Å². The molecule has 1 amide bonds. The van der Waals surface area contributed by atoms with E-state index in [1.54, 1.807) is 11.0 Å². The maximum absolute atomic E-state index is 13.7. The molecule has 8 heteroatoms. The highest BCUT2D eigenvalue weighted by molar-refractivity contribution is 7.89. The minimum Gasteiger partial charge on any atom is -0.494 e. The molecule has 1 heterocycles. The van der Waals surface area contributed by atoms with Gasteiger partial charge in [-0.1, -0.05) is 13.0 Å². The molecule has 0 saturated carbocycles. The minimum atomic E-state index is -3.22. The third kappa shape index (κ3) is 4.45. The van der Waals surface area contributed by atoms with Crippen molar-refractivity contribution >= 4 is 15.9 Å². The van der Waals surface area contributed by atoms with Gasteiger partial charge in [0.2, 0.25) is 15.9 Å². The molecule has 0 aliphatic carbocycles. The Hall–Kier alpha value is -1.67. The SMILES string of the molecule is CCCS(=O)(=O)N1CCN(C(=O)Cc2ccc(OC)c(F)c2)CC1. The number of hydrogen-bond acceptors (Lipinski definition) is 4. The Labute approximate surface area is 142 Å². The van der Waals surface area contributed by atoms with Gasteiger partial charge in [0.25, 0.3) is 0 Å². The van der Waals surface area contributed by atoms with E-state index < -0.39 is 15.8 Å². The topological polar surface area (TPSA) is 66.9 Å². The van der Waals surface area contributed by atoms with E-state index in [4.69, 9.17) is 4.74 Å². The fourth-order valence-corrected chi connectivity index (χ4v) is 4.20. The lowest BCUT2D eigenvalue weighted by Gasteiger charge is -2.34. The van der Waals surface area contributed by atoms with Gasteiger partial charge in [0.05, 0.1) is 19.3 Å². The molecule has 0 bridgehead atoms. The summed E-state index contributed by atoms with van der Waals surface area (Å²) in [6.07, 6.45) is 0.660. The van der Waals surface area contributed by atoms with Gasteiger partial charge in [-0.25, -0.2) is 12.8 Å². The van der Waals surface area contributed by atoms with Crippen LogP contribution in [0.1, 0.15) is 18.9 Å². The number of hydrogen-bond donors (Lipinski definition) is 0. The lowest BCUT2D eigenvalue weighted by molar-refractivity contribution is -0.131. The predicted octanol–water partition coefficient (Wildman–Crippen LogP) is 1.26. The average molecular weight is 358 g/mol. The maximum atomic E-state index is 13.7. The zero-order valence-corrected chi connectivity index (χ0v) is 14.8. The lowest BCUT2D eigenvalue weighted by atomic mass is 10.1. The Balaban J connectivity index is 1.92. The Kier molecular flexibility index (Phi) is 6.17. The van der Waals surface area contributed by atoms with Gasteiger partial charge in [0.1, 0.15) is 0 Å². The van der Waals surface area contributed by atoms with E-state index in [0.717, 1.165) is 0 Å². The first kappa shape index (κ1) is 18.7. The first-order valence-corrected chi connectivity index (χ1v) is 9.56. The van der Waals surface area contributed by atoms with Gasteiger partial charge in [0, 0.05) is 26.2 Å². The van der Waals surface area contributed by atoms with Crippen LogP contribution in [0.15, 0.2) is 18.2 Å². The first-order valence-electron chi connectivity index (χ1n) is 7.95. The van der Waals surface area contributed by atoms with Crippen LogP contribution < -0.4 is 4.74 Å². The third-order valence-corrected chi connectivity index (χ3v) is 6.09. The van der Waals surface area contributed by atoms with Crippen LogP contribution >= 0.6 is 0 Å². The Morgan fingerprint density at radius 2 is 1.92 bits per heavy atom. The van der Waals surface area contributed by atoms with Crippen LogP contribution in [0, 0.1) is 5.82 Å². The van der Waals surface area contributed by atoms with E-state index in [9.17, 15) is 17.6 Å². The standard InChI is InChI=1S/C16H23FN2O4S/c1-3-10-24(21,22)19-8-6-18(7-9-19)16(20)12-13-4-5-15(23-2)14(17)11-13/h4-5,11H,3,6-10,12H2,1-2H3. The van der Waals surface area contributed by atoms with Crippen molar-refractivity contribution in [3.63, 3.8) is 0 Å². The summed E-state index contributed by atoms with van der Waals surface area (Å²) >= 11 is 0. The van der Waals surface area contributed by atoms with Gasteiger partial charge < -0.3 is 9.64 Å². The number of benzene rings is 1. The summed E-state index contributed by atoms with van der Waals surface area (Å²) in [6.45, 7) is 3.17. The van der Waals surface area contributed by atoms with Crippen molar-refractivity contribution in [2.45, 2.75) is 19.8 Å². The number of halogens is 1. The molecule has 1 saturated heterocycles. The third-order valence-electron chi connectivity index (χ3n) is 4.02. The smallest absolute Gasteiger partial charge is 0.227 e. The van der Waals surface area contributed by atoms with Crippen molar-refractivity contribution in [2.75, 3.05) is 39.0 Å². The van der Waals surface area contributed by atoms with E-state index in [2.05, 4.69) is 0 Å². The highest BCUT2D eigenvalue weighted by atomic mass is 32.2. The van der Waals surface area contributed by atoms with Gasteiger partial charge in [-0.15, -0.1) is 0 Å². The molecule has 1 aliphatic heterocycles. The van der Waals surface area contributed by atoms with Crippen LogP contribution in [0.4, 0.5) is 4.39 Å². The van der Waals surface area contributed by atoms with E-state index in [-0.39, 0.29) is 23.8 Å². The number of nitrogens with zero attached hydrogens (tertiary/aromatic N) is 2. The summed E-state index contributed by atoms with van der Waals surface area (Å²) < 4.78 is 44.0.